The predicted octanol–water partition coefficient (Wildman–Crippen LogP) is 1.01. The van der Waals surface area contributed by atoms with Crippen LogP contribution in [0.3, 0.4) is 0 Å². The summed E-state index contributed by atoms with van der Waals surface area (Å²) in [7, 11) is 0. The summed E-state index contributed by atoms with van der Waals surface area (Å²) in [6.07, 6.45) is 4.24. The minimum absolute atomic E-state index is 0.247. The van der Waals surface area contributed by atoms with Crippen molar-refractivity contribution in [3.05, 3.63) is 6.20 Å². The number of rotatable bonds is 9. The van der Waals surface area contributed by atoms with E-state index in [1.807, 2.05) is 11.8 Å². The first-order chi connectivity index (χ1) is 8.22. The second-order valence-corrected chi connectivity index (χ2v) is 5.58. The zero-order valence-electron chi connectivity index (χ0n) is 10.1. The fourth-order valence-electron chi connectivity index (χ4n) is 1.15. The SMILES string of the molecule is CSC(C)CCNCC(O)COc1cnsn1. The van der Waals surface area contributed by atoms with E-state index >= 15 is 0 Å². The van der Waals surface area contributed by atoms with Gasteiger partial charge in [-0.25, -0.2) is 0 Å². The molecule has 0 aliphatic rings. The molecule has 2 atom stereocenters. The molecule has 2 unspecified atom stereocenters. The van der Waals surface area contributed by atoms with Gasteiger partial charge in [-0.1, -0.05) is 6.92 Å². The van der Waals surface area contributed by atoms with Gasteiger partial charge in [-0.2, -0.15) is 16.1 Å². The van der Waals surface area contributed by atoms with Crippen LogP contribution in [-0.4, -0.2) is 51.2 Å². The van der Waals surface area contributed by atoms with Crippen LogP contribution < -0.4 is 10.1 Å². The fourth-order valence-corrected chi connectivity index (χ4v) is 1.87. The van der Waals surface area contributed by atoms with Gasteiger partial charge in [0.1, 0.15) is 18.9 Å². The molecule has 0 aliphatic carbocycles. The Hall–Kier alpha value is -0.370. The Labute approximate surface area is 110 Å². The topological polar surface area (TPSA) is 67.3 Å². The van der Waals surface area contributed by atoms with Crippen molar-refractivity contribution in [2.24, 2.45) is 0 Å². The summed E-state index contributed by atoms with van der Waals surface area (Å²) in [4.78, 5) is 0. The molecule has 1 aromatic rings. The van der Waals surface area contributed by atoms with Crippen molar-refractivity contribution in [1.82, 2.24) is 14.1 Å². The maximum atomic E-state index is 9.63. The number of aromatic nitrogens is 2. The van der Waals surface area contributed by atoms with Crippen molar-refractivity contribution in [2.75, 3.05) is 26.0 Å². The summed E-state index contributed by atoms with van der Waals surface area (Å²) in [5.41, 5.74) is 0. The molecule has 0 saturated heterocycles. The molecule has 0 aromatic carbocycles. The largest absolute Gasteiger partial charge is 0.473 e. The lowest BCUT2D eigenvalue weighted by Crippen LogP contribution is -2.32. The van der Waals surface area contributed by atoms with E-state index in [2.05, 4.69) is 27.2 Å². The highest BCUT2D eigenvalue weighted by Gasteiger charge is 2.06. The van der Waals surface area contributed by atoms with Crippen molar-refractivity contribution in [3.63, 3.8) is 0 Å². The standard InChI is InChI=1S/C10H19N3O2S2/c1-8(16-2)3-4-11-5-9(14)7-15-10-6-12-17-13-10/h6,8-9,11,14H,3-5,7H2,1-2H3. The van der Waals surface area contributed by atoms with Crippen LogP contribution in [0.1, 0.15) is 13.3 Å². The highest BCUT2D eigenvalue weighted by Crippen LogP contribution is 2.08. The van der Waals surface area contributed by atoms with Gasteiger partial charge < -0.3 is 15.2 Å². The number of aliphatic hydroxyl groups excluding tert-OH is 1. The summed E-state index contributed by atoms with van der Waals surface area (Å²) in [6, 6.07) is 0. The van der Waals surface area contributed by atoms with Gasteiger partial charge in [0.25, 0.3) is 0 Å². The quantitative estimate of drug-likeness (QED) is 0.657. The summed E-state index contributed by atoms with van der Waals surface area (Å²) in [6.45, 7) is 3.90. The van der Waals surface area contributed by atoms with Crippen LogP contribution in [0.5, 0.6) is 5.88 Å². The van der Waals surface area contributed by atoms with Crippen LogP contribution in [0.25, 0.3) is 0 Å². The van der Waals surface area contributed by atoms with E-state index in [0.29, 0.717) is 17.7 Å². The van der Waals surface area contributed by atoms with Gasteiger partial charge >= 0.3 is 0 Å². The number of ether oxygens (including phenoxy) is 1. The molecular formula is C10H19N3O2S2. The first kappa shape index (κ1) is 14.7. The van der Waals surface area contributed by atoms with Crippen LogP contribution in [0.2, 0.25) is 0 Å². The van der Waals surface area contributed by atoms with E-state index in [-0.39, 0.29) is 6.61 Å². The van der Waals surface area contributed by atoms with Crippen LogP contribution >= 0.6 is 23.5 Å². The summed E-state index contributed by atoms with van der Waals surface area (Å²) < 4.78 is 13.0. The minimum atomic E-state index is -0.513. The van der Waals surface area contributed by atoms with E-state index in [4.69, 9.17) is 4.74 Å². The van der Waals surface area contributed by atoms with Crippen molar-refractivity contribution in [1.29, 1.82) is 0 Å². The van der Waals surface area contributed by atoms with Gasteiger partial charge in [-0.05, 0) is 19.2 Å². The normalized spacial score (nSPS) is 14.5. The van der Waals surface area contributed by atoms with E-state index in [1.165, 1.54) is 0 Å². The lowest BCUT2D eigenvalue weighted by atomic mass is 10.3. The van der Waals surface area contributed by atoms with Gasteiger partial charge in [0.05, 0.1) is 11.7 Å². The zero-order chi connectivity index (χ0) is 12.5. The Morgan fingerprint density at radius 3 is 3.12 bits per heavy atom. The summed E-state index contributed by atoms with van der Waals surface area (Å²) >= 11 is 2.94. The number of hydrogen-bond acceptors (Lipinski definition) is 7. The molecule has 0 fully saturated rings. The average Bonchev–Trinajstić information content (AvgIpc) is 2.84. The van der Waals surface area contributed by atoms with Crippen LogP contribution in [0, 0.1) is 0 Å². The molecule has 17 heavy (non-hydrogen) atoms. The molecule has 7 heteroatoms. The molecule has 5 nitrogen and oxygen atoms in total. The molecule has 1 aromatic heterocycles. The molecular weight excluding hydrogens is 258 g/mol. The Morgan fingerprint density at radius 1 is 1.65 bits per heavy atom. The van der Waals surface area contributed by atoms with Crippen molar-refractivity contribution >= 4 is 23.5 Å². The van der Waals surface area contributed by atoms with Crippen molar-refractivity contribution < 1.29 is 9.84 Å². The first-order valence-corrected chi connectivity index (χ1v) is 7.56. The Morgan fingerprint density at radius 2 is 2.47 bits per heavy atom. The zero-order valence-corrected chi connectivity index (χ0v) is 11.8. The van der Waals surface area contributed by atoms with Crippen LogP contribution in [0.15, 0.2) is 6.20 Å². The minimum Gasteiger partial charge on any atom is -0.473 e. The van der Waals surface area contributed by atoms with Gasteiger partial charge in [-0.15, -0.1) is 4.37 Å². The molecule has 0 saturated carbocycles. The average molecular weight is 277 g/mol. The maximum absolute atomic E-state index is 9.63. The van der Waals surface area contributed by atoms with E-state index < -0.39 is 6.10 Å². The molecule has 0 radical (unpaired) electrons. The molecule has 0 bridgehead atoms. The number of thioether (sulfide) groups is 1. The highest BCUT2D eigenvalue weighted by molar-refractivity contribution is 7.99. The molecule has 0 aliphatic heterocycles. The second-order valence-electron chi connectivity index (χ2n) is 3.75. The maximum Gasteiger partial charge on any atom is 0.245 e. The van der Waals surface area contributed by atoms with E-state index in [0.717, 1.165) is 24.7 Å². The first-order valence-electron chi connectivity index (χ1n) is 5.54. The lowest BCUT2D eigenvalue weighted by Gasteiger charge is -2.13. The number of aliphatic hydroxyl groups is 1. The number of hydrogen-bond donors (Lipinski definition) is 2. The van der Waals surface area contributed by atoms with Gasteiger partial charge in [-0.3, -0.25) is 0 Å². The van der Waals surface area contributed by atoms with E-state index in [1.54, 1.807) is 6.20 Å². The fraction of sp³-hybridized carbons (Fsp3) is 0.800. The van der Waals surface area contributed by atoms with Crippen LogP contribution in [0.4, 0.5) is 0 Å². The molecule has 0 spiro atoms. The lowest BCUT2D eigenvalue weighted by molar-refractivity contribution is 0.104. The smallest absolute Gasteiger partial charge is 0.245 e. The molecule has 1 heterocycles. The second kappa shape index (κ2) is 8.68. The third kappa shape index (κ3) is 6.82. The van der Waals surface area contributed by atoms with Gasteiger partial charge in [0, 0.05) is 11.8 Å². The number of nitrogens with one attached hydrogen (secondary N) is 1. The highest BCUT2D eigenvalue weighted by atomic mass is 32.2. The van der Waals surface area contributed by atoms with E-state index in [9.17, 15) is 5.11 Å². The predicted molar refractivity (Wildman–Crippen MR) is 71.9 cm³/mol. The Bertz CT molecular complexity index is 285. The molecule has 98 valence electrons. The van der Waals surface area contributed by atoms with Gasteiger partial charge in [0.2, 0.25) is 5.88 Å². The monoisotopic (exact) mass is 277 g/mol. The summed E-state index contributed by atoms with van der Waals surface area (Å²) in [5.74, 6) is 0.477. The molecule has 2 N–H and O–H groups in total. The Kier molecular flexibility index (Phi) is 7.50. The Balaban J connectivity index is 1.99. The van der Waals surface area contributed by atoms with Gasteiger partial charge in [0.15, 0.2) is 0 Å². The summed E-state index contributed by atoms with van der Waals surface area (Å²) in [5, 5.41) is 13.5. The third-order valence-corrected chi connectivity index (χ3v) is 3.78. The van der Waals surface area contributed by atoms with Crippen LogP contribution in [-0.2, 0) is 0 Å². The third-order valence-electron chi connectivity index (χ3n) is 2.27. The van der Waals surface area contributed by atoms with Crippen molar-refractivity contribution in [3.8, 4) is 5.88 Å². The molecule has 0 amide bonds. The number of nitrogens with zero attached hydrogens (tertiary/aromatic N) is 2. The molecule has 1 rings (SSSR count). The van der Waals surface area contributed by atoms with Crippen molar-refractivity contribution in [2.45, 2.75) is 24.7 Å².